The van der Waals surface area contributed by atoms with Crippen LogP contribution in [0.2, 0.25) is 0 Å². The molecule has 0 N–H and O–H groups in total. The van der Waals surface area contributed by atoms with Gasteiger partial charge in [0, 0.05) is 18.7 Å². The molecule has 6 nitrogen and oxygen atoms in total. The van der Waals surface area contributed by atoms with Crippen LogP contribution < -0.4 is 0 Å². The number of aromatic nitrogens is 4. The summed E-state index contributed by atoms with van der Waals surface area (Å²) in [4.78, 5) is 18.9. The van der Waals surface area contributed by atoms with Crippen molar-refractivity contribution >= 4 is 16.9 Å². The molecule has 1 aromatic carbocycles. The Balaban J connectivity index is 1.87. The first-order valence-corrected chi connectivity index (χ1v) is 7.77. The molecule has 23 heavy (non-hydrogen) atoms. The first kappa shape index (κ1) is 13.9. The van der Waals surface area contributed by atoms with Crippen molar-refractivity contribution < 1.29 is 4.79 Å². The number of fused-ring (bicyclic) bond motifs is 1. The first-order chi connectivity index (χ1) is 11.3. The Bertz CT molecular complexity index is 844. The zero-order valence-electron chi connectivity index (χ0n) is 12.8. The van der Waals surface area contributed by atoms with Gasteiger partial charge in [-0.05, 0) is 30.7 Å². The predicted octanol–water partition coefficient (Wildman–Crippen LogP) is 2.24. The molecular weight excluding hydrogens is 290 g/mol. The van der Waals surface area contributed by atoms with Crippen molar-refractivity contribution in [1.29, 1.82) is 0 Å². The molecule has 0 spiro atoms. The largest absolute Gasteiger partial charge is 0.315 e. The summed E-state index contributed by atoms with van der Waals surface area (Å²) in [7, 11) is 0. The highest BCUT2D eigenvalue weighted by Crippen LogP contribution is 2.30. The fourth-order valence-corrected chi connectivity index (χ4v) is 3.11. The number of amides is 1. The third kappa shape index (κ3) is 2.27. The SMILES string of the molecule is CC1CCN(C(c2ccccn2)n2nnc3ccccc32)C1=O. The topological polar surface area (TPSA) is 63.9 Å². The van der Waals surface area contributed by atoms with E-state index in [9.17, 15) is 4.79 Å². The molecule has 1 aliphatic heterocycles. The number of carbonyl (C=O) groups excluding carboxylic acids is 1. The van der Waals surface area contributed by atoms with Crippen molar-refractivity contribution in [2.45, 2.75) is 19.5 Å². The Hall–Kier alpha value is -2.76. The van der Waals surface area contributed by atoms with Crippen LogP contribution in [0.15, 0.2) is 48.7 Å². The summed E-state index contributed by atoms with van der Waals surface area (Å²) in [6.45, 7) is 2.67. The molecule has 1 saturated heterocycles. The highest BCUT2D eigenvalue weighted by atomic mass is 16.2. The molecule has 1 amide bonds. The summed E-state index contributed by atoms with van der Waals surface area (Å²) in [5.74, 6) is 0.177. The second-order valence-corrected chi connectivity index (χ2v) is 5.87. The van der Waals surface area contributed by atoms with Crippen LogP contribution in [0.5, 0.6) is 0 Å². The average molecular weight is 307 g/mol. The lowest BCUT2D eigenvalue weighted by Crippen LogP contribution is -2.36. The van der Waals surface area contributed by atoms with Crippen LogP contribution in [0.4, 0.5) is 0 Å². The lowest BCUT2D eigenvalue weighted by atomic mass is 10.1. The van der Waals surface area contributed by atoms with E-state index < -0.39 is 0 Å². The van der Waals surface area contributed by atoms with Gasteiger partial charge in [-0.2, -0.15) is 0 Å². The van der Waals surface area contributed by atoms with Crippen LogP contribution in [-0.2, 0) is 4.79 Å². The van der Waals surface area contributed by atoms with Crippen molar-refractivity contribution in [1.82, 2.24) is 24.9 Å². The summed E-state index contributed by atoms with van der Waals surface area (Å²) >= 11 is 0. The van der Waals surface area contributed by atoms with Gasteiger partial charge in [0.2, 0.25) is 5.91 Å². The number of hydrogen-bond donors (Lipinski definition) is 0. The molecular formula is C17H17N5O. The van der Waals surface area contributed by atoms with Crippen LogP contribution in [0.1, 0.15) is 25.2 Å². The highest BCUT2D eigenvalue weighted by molar-refractivity contribution is 5.81. The molecule has 0 radical (unpaired) electrons. The van der Waals surface area contributed by atoms with Gasteiger partial charge in [-0.25, -0.2) is 4.68 Å². The van der Waals surface area contributed by atoms with E-state index in [2.05, 4.69) is 15.3 Å². The average Bonchev–Trinajstić information content (AvgIpc) is 3.15. The van der Waals surface area contributed by atoms with Crippen LogP contribution in [0, 0.1) is 5.92 Å². The molecule has 2 atom stereocenters. The molecule has 0 aliphatic carbocycles. The van der Waals surface area contributed by atoms with Crippen molar-refractivity contribution in [2.75, 3.05) is 6.54 Å². The van der Waals surface area contributed by atoms with Gasteiger partial charge in [-0.1, -0.05) is 30.3 Å². The minimum atomic E-state index is -0.360. The minimum Gasteiger partial charge on any atom is -0.315 e. The Labute approximate surface area is 133 Å². The third-order valence-corrected chi connectivity index (χ3v) is 4.36. The number of nitrogens with zero attached hydrogens (tertiary/aromatic N) is 5. The van der Waals surface area contributed by atoms with E-state index in [4.69, 9.17) is 0 Å². The van der Waals surface area contributed by atoms with Crippen molar-refractivity contribution in [3.63, 3.8) is 0 Å². The standard InChI is InChI=1S/C17H17N5O/c1-12-9-11-21(17(12)23)16(14-7-4-5-10-18-14)22-15-8-3-2-6-13(15)19-20-22/h2-8,10,12,16H,9,11H2,1H3. The van der Waals surface area contributed by atoms with Gasteiger partial charge >= 0.3 is 0 Å². The Morgan fingerprint density at radius 1 is 1.17 bits per heavy atom. The van der Waals surface area contributed by atoms with Crippen LogP contribution in [0.3, 0.4) is 0 Å². The van der Waals surface area contributed by atoms with E-state index in [1.54, 1.807) is 10.9 Å². The van der Waals surface area contributed by atoms with Gasteiger partial charge in [0.05, 0.1) is 11.2 Å². The molecule has 6 heteroatoms. The maximum absolute atomic E-state index is 12.6. The van der Waals surface area contributed by atoms with E-state index >= 15 is 0 Å². The van der Waals surface area contributed by atoms with Crippen LogP contribution in [-0.4, -0.2) is 37.3 Å². The molecule has 4 rings (SSSR count). The number of hydrogen-bond acceptors (Lipinski definition) is 4. The van der Waals surface area contributed by atoms with Crippen LogP contribution in [0.25, 0.3) is 11.0 Å². The minimum absolute atomic E-state index is 0.0380. The Kier molecular flexibility index (Phi) is 3.29. The van der Waals surface area contributed by atoms with Crippen molar-refractivity contribution in [3.8, 4) is 0 Å². The summed E-state index contributed by atoms with van der Waals surface area (Å²) < 4.78 is 1.80. The summed E-state index contributed by atoms with van der Waals surface area (Å²) in [5.41, 5.74) is 2.51. The summed E-state index contributed by atoms with van der Waals surface area (Å²) in [6, 6.07) is 13.5. The fraction of sp³-hybridized carbons (Fsp3) is 0.294. The normalized spacial score (nSPS) is 19.4. The van der Waals surface area contributed by atoms with Gasteiger partial charge in [-0.3, -0.25) is 9.78 Å². The third-order valence-electron chi connectivity index (χ3n) is 4.36. The Morgan fingerprint density at radius 2 is 2.00 bits per heavy atom. The van der Waals surface area contributed by atoms with Gasteiger partial charge < -0.3 is 4.90 Å². The van der Waals surface area contributed by atoms with Gasteiger partial charge in [0.1, 0.15) is 5.52 Å². The summed E-state index contributed by atoms with van der Waals surface area (Å²) in [6.07, 6.45) is 2.24. The van der Waals surface area contributed by atoms with E-state index in [1.165, 1.54) is 0 Å². The number of pyridine rings is 1. The quantitative estimate of drug-likeness (QED) is 0.744. The predicted molar refractivity (Wildman–Crippen MR) is 85.4 cm³/mol. The molecule has 1 fully saturated rings. The fourth-order valence-electron chi connectivity index (χ4n) is 3.11. The van der Waals surface area contributed by atoms with Gasteiger partial charge in [0.25, 0.3) is 0 Å². The monoisotopic (exact) mass is 307 g/mol. The van der Waals surface area contributed by atoms with Gasteiger partial charge in [-0.15, -0.1) is 5.10 Å². The smallest absolute Gasteiger partial charge is 0.227 e. The van der Waals surface area contributed by atoms with E-state index in [-0.39, 0.29) is 18.0 Å². The van der Waals surface area contributed by atoms with Crippen molar-refractivity contribution in [2.24, 2.45) is 5.92 Å². The lowest BCUT2D eigenvalue weighted by Gasteiger charge is -2.28. The zero-order chi connectivity index (χ0) is 15.8. The lowest BCUT2D eigenvalue weighted by molar-refractivity contribution is -0.133. The molecule has 0 bridgehead atoms. The molecule has 2 unspecified atom stereocenters. The number of benzene rings is 1. The molecule has 2 aromatic heterocycles. The molecule has 3 aromatic rings. The first-order valence-electron chi connectivity index (χ1n) is 7.77. The second kappa shape index (κ2) is 5.46. The Morgan fingerprint density at radius 3 is 2.74 bits per heavy atom. The maximum atomic E-state index is 12.6. The second-order valence-electron chi connectivity index (χ2n) is 5.87. The van der Waals surface area contributed by atoms with E-state index in [0.717, 1.165) is 23.1 Å². The zero-order valence-corrected chi connectivity index (χ0v) is 12.8. The molecule has 1 aliphatic rings. The highest BCUT2D eigenvalue weighted by Gasteiger charge is 2.36. The van der Waals surface area contributed by atoms with E-state index in [0.29, 0.717) is 6.54 Å². The maximum Gasteiger partial charge on any atom is 0.227 e. The van der Waals surface area contributed by atoms with Gasteiger partial charge in [0.15, 0.2) is 6.17 Å². The summed E-state index contributed by atoms with van der Waals surface area (Å²) in [5, 5.41) is 8.54. The van der Waals surface area contributed by atoms with E-state index in [1.807, 2.05) is 54.3 Å². The van der Waals surface area contributed by atoms with Crippen molar-refractivity contribution in [3.05, 3.63) is 54.4 Å². The number of para-hydroxylation sites is 1. The number of carbonyl (C=O) groups is 1. The number of rotatable bonds is 3. The number of likely N-dealkylation sites (tertiary alicyclic amines) is 1. The molecule has 116 valence electrons. The molecule has 3 heterocycles. The molecule has 0 saturated carbocycles. The van der Waals surface area contributed by atoms with Crippen LogP contribution >= 0.6 is 0 Å².